The molecule has 1 aromatic heterocycles. The van der Waals surface area contributed by atoms with Crippen molar-refractivity contribution in [3.8, 4) is 0 Å². The van der Waals surface area contributed by atoms with Gasteiger partial charge in [0, 0.05) is 31.2 Å². The van der Waals surface area contributed by atoms with Crippen LogP contribution in [0.25, 0.3) is 0 Å². The number of methoxy groups -OCH3 is 1. The summed E-state index contributed by atoms with van der Waals surface area (Å²) in [6.45, 7) is 5.91. The highest BCUT2D eigenvalue weighted by Gasteiger charge is 2.36. The van der Waals surface area contributed by atoms with Crippen LogP contribution in [0.5, 0.6) is 0 Å². The first kappa shape index (κ1) is 17.6. The molecule has 6 nitrogen and oxygen atoms in total. The lowest BCUT2D eigenvalue weighted by Crippen LogP contribution is -2.25. The molecule has 2 heterocycles. The molecule has 134 valence electrons. The summed E-state index contributed by atoms with van der Waals surface area (Å²) in [5.74, 6) is -0.208. The van der Waals surface area contributed by atoms with Gasteiger partial charge in [0.2, 0.25) is 5.91 Å². The fourth-order valence-corrected chi connectivity index (χ4v) is 3.20. The quantitative estimate of drug-likeness (QED) is 0.876. The van der Waals surface area contributed by atoms with Crippen LogP contribution in [0.4, 0.5) is 5.69 Å². The number of hydrogen-bond donors (Lipinski definition) is 1. The van der Waals surface area contributed by atoms with Crippen molar-refractivity contribution in [2.75, 3.05) is 25.6 Å². The van der Waals surface area contributed by atoms with Crippen LogP contribution >= 0.6 is 0 Å². The number of benzene rings is 1. The van der Waals surface area contributed by atoms with Gasteiger partial charge in [-0.25, -0.2) is 0 Å². The van der Waals surface area contributed by atoms with Crippen LogP contribution < -0.4 is 5.32 Å². The van der Waals surface area contributed by atoms with E-state index in [1.165, 1.54) is 5.56 Å². The normalized spacial score (nSPS) is 20.0. The maximum atomic E-state index is 12.8. The second-order valence-electron chi connectivity index (χ2n) is 6.52. The Morgan fingerprint density at radius 2 is 2.28 bits per heavy atom. The van der Waals surface area contributed by atoms with Crippen LogP contribution in [0.3, 0.4) is 0 Å². The Balaban J connectivity index is 1.70. The molecule has 3 rings (SSSR count). The molecular weight excluding hydrogens is 318 g/mol. The zero-order valence-electron chi connectivity index (χ0n) is 15.0. The summed E-state index contributed by atoms with van der Waals surface area (Å²) in [5.41, 5.74) is 4.05. The number of rotatable bonds is 6. The minimum absolute atomic E-state index is 0.000838. The van der Waals surface area contributed by atoms with Crippen LogP contribution in [0, 0.1) is 19.8 Å². The van der Waals surface area contributed by atoms with Gasteiger partial charge in [-0.1, -0.05) is 17.7 Å². The molecule has 1 amide bonds. The standard InChI is InChI=1S/C19H25N3O3/c1-13-4-5-17(14(2)10-13)21-19(23)16-6-8-25-18(16)15-11-20-22(12-15)7-9-24-3/h4-5,10-12,16,18H,6-9H2,1-3H3,(H,21,23)/t16-,18+/m0/s1. The van der Waals surface area contributed by atoms with Crippen molar-refractivity contribution in [3.63, 3.8) is 0 Å². The highest BCUT2D eigenvalue weighted by molar-refractivity contribution is 5.93. The number of carbonyl (C=O) groups is 1. The lowest BCUT2D eigenvalue weighted by Gasteiger charge is -2.18. The van der Waals surface area contributed by atoms with Crippen LogP contribution in [0.15, 0.2) is 30.6 Å². The number of ether oxygens (including phenoxy) is 2. The molecule has 0 spiro atoms. The van der Waals surface area contributed by atoms with Crippen LogP contribution in [-0.4, -0.2) is 36.0 Å². The fraction of sp³-hybridized carbons (Fsp3) is 0.474. The second-order valence-corrected chi connectivity index (χ2v) is 6.52. The Morgan fingerprint density at radius 3 is 3.04 bits per heavy atom. The summed E-state index contributed by atoms with van der Waals surface area (Å²) in [7, 11) is 1.66. The second kappa shape index (κ2) is 7.80. The van der Waals surface area contributed by atoms with Gasteiger partial charge in [0.15, 0.2) is 0 Å². The molecule has 6 heteroatoms. The van der Waals surface area contributed by atoms with E-state index in [0.29, 0.717) is 26.2 Å². The maximum Gasteiger partial charge on any atom is 0.230 e. The van der Waals surface area contributed by atoms with Crippen molar-refractivity contribution >= 4 is 11.6 Å². The van der Waals surface area contributed by atoms with Gasteiger partial charge < -0.3 is 14.8 Å². The van der Waals surface area contributed by atoms with Gasteiger partial charge in [0.05, 0.1) is 31.4 Å². The summed E-state index contributed by atoms with van der Waals surface area (Å²) >= 11 is 0. The maximum absolute atomic E-state index is 12.8. The molecule has 25 heavy (non-hydrogen) atoms. The molecule has 1 aliphatic heterocycles. The summed E-state index contributed by atoms with van der Waals surface area (Å²) in [6.07, 6.45) is 4.18. The Kier molecular flexibility index (Phi) is 5.50. The third-order valence-corrected chi connectivity index (χ3v) is 4.57. The van der Waals surface area contributed by atoms with Crippen LogP contribution in [-0.2, 0) is 20.8 Å². The molecule has 1 saturated heterocycles. The molecule has 2 atom stereocenters. The largest absolute Gasteiger partial charge is 0.383 e. The van der Waals surface area contributed by atoms with E-state index >= 15 is 0 Å². The Hall–Kier alpha value is -2.18. The lowest BCUT2D eigenvalue weighted by atomic mass is 9.96. The van der Waals surface area contributed by atoms with E-state index < -0.39 is 0 Å². The number of nitrogens with zero attached hydrogens (tertiary/aromatic N) is 2. The topological polar surface area (TPSA) is 65.4 Å². The monoisotopic (exact) mass is 343 g/mol. The molecule has 1 aromatic carbocycles. The Labute approximate surface area is 148 Å². The molecule has 2 aromatic rings. The van der Waals surface area contributed by atoms with Gasteiger partial charge in [-0.15, -0.1) is 0 Å². The molecule has 1 N–H and O–H groups in total. The molecule has 0 aliphatic carbocycles. The third-order valence-electron chi connectivity index (χ3n) is 4.57. The molecule has 0 bridgehead atoms. The summed E-state index contributed by atoms with van der Waals surface area (Å²) < 4.78 is 12.7. The van der Waals surface area contributed by atoms with Gasteiger partial charge in [-0.2, -0.15) is 5.10 Å². The van der Waals surface area contributed by atoms with E-state index in [1.807, 2.05) is 36.9 Å². The third kappa shape index (κ3) is 4.08. The van der Waals surface area contributed by atoms with E-state index in [-0.39, 0.29) is 17.9 Å². The average Bonchev–Trinajstić information content (AvgIpc) is 3.24. The number of amides is 1. The highest BCUT2D eigenvalue weighted by Crippen LogP contribution is 2.35. The first-order chi connectivity index (χ1) is 12.1. The predicted molar refractivity (Wildman–Crippen MR) is 95.4 cm³/mol. The fourth-order valence-electron chi connectivity index (χ4n) is 3.20. The zero-order chi connectivity index (χ0) is 17.8. The highest BCUT2D eigenvalue weighted by atomic mass is 16.5. The average molecular weight is 343 g/mol. The smallest absolute Gasteiger partial charge is 0.230 e. The van der Waals surface area contributed by atoms with E-state index in [9.17, 15) is 4.79 Å². The van der Waals surface area contributed by atoms with Crippen molar-refractivity contribution in [3.05, 3.63) is 47.3 Å². The van der Waals surface area contributed by atoms with Crippen molar-refractivity contribution < 1.29 is 14.3 Å². The summed E-state index contributed by atoms with van der Waals surface area (Å²) in [5, 5.41) is 7.38. The number of carbonyl (C=O) groups excluding carboxylic acids is 1. The Bertz CT molecular complexity index is 741. The van der Waals surface area contributed by atoms with Crippen molar-refractivity contribution in [2.45, 2.75) is 32.9 Å². The minimum atomic E-state index is -0.248. The Morgan fingerprint density at radius 1 is 1.44 bits per heavy atom. The number of hydrogen-bond acceptors (Lipinski definition) is 4. The van der Waals surface area contributed by atoms with Crippen LogP contribution in [0.1, 0.15) is 29.2 Å². The molecule has 0 unspecified atom stereocenters. The lowest BCUT2D eigenvalue weighted by molar-refractivity contribution is -0.121. The SMILES string of the molecule is COCCn1cc([C@H]2OCC[C@@H]2C(=O)Nc2ccc(C)cc2C)cn1. The zero-order valence-corrected chi connectivity index (χ0v) is 15.0. The van der Waals surface area contributed by atoms with Gasteiger partial charge in [0.1, 0.15) is 0 Å². The summed E-state index contributed by atoms with van der Waals surface area (Å²) in [4.78, 5) is 12.8. The molecule has 1 fully saturated rings. The molecule has 0 radical (unpaired) electrons. The number of nitrogens with one attached hydrogen (secondary N) is 1. The minimum Gasteiger partial charge on any atom is -0.383 e. The number of aromatic nitrogens is 2. The first-order valence-corrected chi connectivity index (χ1v) is 8.59. The first-order valence-electron chi connectivity index (χ1n) is 8.59. The van der Waals surface area contributed by atoms with Gasteiger partial charge in [0.25, 0.3) is 0 Å². The van der Waals surface area contributed by atoms with Gasteiger partial charge in [-0.05, 0) is 31.9 Å². The molecule has 0 saturated carbocycles. The predicted octanol–water partition coefficient (Wildman–Crippen LogP) is 2.86. The van der Waals surface area contributed by atoms with Crippen molar-refractivity contribution in [2.24, 2.45) is 5.92 Å². The van der Waals surface area contributed by atoms with Crippen molar-refractivity contribution in [1.82, 2.24) is 9.78 Å². The van der Waals surface area contributed by atoms with Crippen LogP contribution in [0.2, 0.25) is 0 Å². The molecular formula is C19H25N3O3. The number of anilines is 1. The van der Waals surface area contributed by atoms with E-state index in [4.69, 9.17) is 9.47 Å². The van der Waals surface area contributed by atoms with Gasteiger partial charge in [-0.3, -0.25) is 9.48 Å². The van der Waals surface area contributed by atoms with E-state index in [1.54, 1.807) is 13.3 Å². The van der Waals surface area contributed by atoms with Gasteiger partial charge >= 0.3 is 0 Å². The van der Waals surface area contributed by atoms with Crippen molar-refractivity contribution in [1.29, 1.82) is 0 Å². The van der Waals surface area contributed by atoms with E-state index in [2.05, 4.69) is 16.5 Å². The van der Waals surface area contributed by atoms with E-state index in [0.717, 1.165) is 16.8 Å². The number of aryl methyl sites for hydroxylation is 2. The molecule has 1 aliphatic rings. The summed E-state index contributed by atoms with van der Waals surface area (Å²) in [6, 6.07) is 6.03.